The van der Waals surface area contributed by atoms with Crippen molar-refractivity contribution in [2.75, 3.05) is 13.7 Å². The third-order valence-corrected chi connectivity index (χ3v) is 3.32. The highest BCUT2D eigenvalue weighted by molar-refractivity contribution is 5.98. The van der Waals surface area contributed by atoms with Crippen LogP contribution in [0, 0.1) is 12.1 Å². The number of carbonyl (C=O) groups excluding carboxylic acids is 1. The summed E-state index contributed by atoms with van der Waals surface area (Å²) in [6, 6.07) is 5.97. The van der Waals surface area contributed by atoms with Gasteiger partial charge in [-0.15, -0.1) is 0 Å². The van der Waals surface area contributed by atoms with Gasteiger partial charge in [0, 0.05) is 36.1 Å². The summed E-state index contributed by atoms with van der Waals surface area (Å²) >= 11 is 0. The molecule has 102 valence electrons. The molecule has 0 radical (unpaired) electrons. The zero-order valence-corrected chi connectivity index (χ0v) is 11.5. The number of nitrogens with one attached hydrogen (secondary N) is 1. The summed E-state index contributed by atoms with van der Waals surface area (Å²) in [5, 5.41) is 0. The first kappa shape index (κ1) is 12.7. The molecule has 1 aliphatic rings. The van der Waals surface area contributed by atoms with Gasteiger partial charge in [0.15, 0.2) is 0 Å². The van der Waals surface area contributed by atoms with Gasteiger partial charge < -0.3 is 9.72 Å². The molecule has 0 saturated carbocycles. The summed E-state index contributed by atoms with van der Waals surface area (Å²) < 4.78 is 5.12. The zero-order valence-electron chi connectivity index (χ0n) is 11.5. The third kappa shape index (κ3) is 2.04. The molecule has 0 aliphatic carbocycles. The Labute approximate surface area is 117 Å². The van der Waals surface area contributed by atoms with Gasteiger partial charge in [0.25, 0.3) is 0 Å². The molecule has 0 spiro atoms. The second-order valence-electron chi connectivity index (χ2n) is 4.80. The first-order chi connectivity index (χ1) is 9.70. The molecule has 3 heterocycles. The van der Waals surface area contributed by atoms with Gasteiger partial charge in [0.1, 0.15) is 0 Å². The van der Waals surface area contributed by atoms with Crippen LogP contribution in [0.5, 0.6) is 0 Å². The smallest absolute Gasteiger partial charge is 0.340 e. The number of aromatic nitrogens is 2. The summed E-state index contributed by atoms with van der Waals surface area (Å²) in [7, 11) is 2.02. The molecule has 5 heteroatoms. The van der Waals surface area contributed by atoms with Gasteiger partial charge in [-0.1, -0.05) is 6.07 Å². The summed E-state index contributed by atoms with van der Waals surface area (Å²) in [5.74, 6) is -0.324. The number of carbonyl (C=O) groups is 1. The lowest BCUT2D eigenvalue weighted by molar-refractivity contribution is 0.0527. The minimum absolute atomic E-state index is 0.324. The number of nitrogens with zero attached hydrogens (tertiary/aromatic N) is 2. The monoisotopic (exact) mass is 269 g/mol. The number of fused-ring (bicyclic) bond motifs is 3. The van der Waals surface area contributed by atoms with Crippen molar-refractivity contribution in [2.45, 2.75) is 20.0 Å². The number of esters is 1. The predicted molar refractivity (Wildman–Crippen MR) is 72.8 cm³/mol. The Hall–Kier alpha value is -2.32. The van der Waals surface area contributed by atoms with E-state index in [2.05, 4.69) is 27.0 Å². The van der Waals surface area contributed by atoms with Gasteiger partial charge in [0.2, 0.25) is 0 Å². The van der Waals surface area contributed by atoms with Crippen molar-refractivity contribution in [3.63, 3.8) is 0 Å². The van der Waals surface area contributed by atoms with Crippen molar-refractivity contribution in [3.8, 4) is 11.3 Å². The van der Waals surface area contributed by atoms with Crippen LogP contribution in [0.3, 0.4) is 0 Å². The van der Waals surface area contributed by atoms with E-state index >= 15 is 0 Å². The van der Waals surface area contributed by atoms with Gasteiger partial charge in [0.05, 0.1) is 24.1 Å². The molecule has 0 aromatic carbocycles. The Morgan fingerprint density at radius 1 is 1.55 bits per heavy atom. The number of aromatic amines is 1. The molecule has 0 amide bonds. The number of ether oxygens (including phenoxy) is 1. The van der Waals surface area contributed by atoms with E-state index in [1.54, 1.807) is 19.3 Å². The number of rotatable bonds is 2. The van der Waals surface area contributed by atoms with E-state index in [0.29, 0.717) is 12.2 Å². The molecule has 1 aliphatic heterocycles. The molecule has 1 N–H and O–H groups in total. The van der Waals surface area contributed by atoms with Crippen LogP contribution in [0.1, 0.15) is 28.5 Å². The molecule has 0 bridgehead atoms. The third-order valence-electron chi connectivity index (χ3n) is 3.32. The maximum atomic E-state index is 12.1. The molecule has 2 aromatic heterocycles. The molecule has 5 nitrogen and oxygen atoms in total. The maximum absolute atomic E-state index is 12.1. The van der Waals surface area contributed by atoms with Crippen molar-refractivity contribution in [1.82, 2.24) is 14.9 Å². The first-order valence-corrected chi connectivity index (χ1v) is 6.54. The Morgan fingerprint density at radius 2 is 2.40 bits per heavy atom. The minimum Gasteiger partial charge on any atom is -0.462 e. The molecule has 0 saturated heterocycles. The normalized spacial score (nSPS) is 13.9. The lowest BCUT2D eigenvalue weighted by Gasteiger charge is -2.11. The molecule has 0 atom stereocenters. The lowest BCUT2D eigenvalue weighted by atomic mass is 10.0. The Morgan fingerprint density at radius 3 is 3.20 bits per heavy atom. The highest BCUT2D eigenvalue weighted by Crippen LogP contribution is 2.32. The van der Waals surface area contributed by atoms with E-state index in [1.807, 2.05) is 7.05 Å². The van der Waals surface area contributed by atoms with Crippen LogP contribution in [0.4, 0.5) is 0 Å². The Balaban J connectivity index is 2.17. The summed E-state index contributed by atoms with van der Waals surface area (Å²) in [6.45, 7) is 3.60. The Bertz CT molecular complexity index is 648. The largest absolute Gasteiger partial charge is 0.462 e. The molecular weight excluding hydrogens is 254 g/mol. The van der Waals surface area contributed by atoms with Gasteiger partial charge in [-0.25, -0.2) is 9.78 Å². The van der Waals surface area contributed by atoms with Crippen LogP contribution in [0.25, 0.3) is 11.3 Å². The SMILES string of the molecule is CCOC(=O)c1c[nH]c2c1-c1ncc#cc1CN(C)C2. The van der Waals surface area contributed by atoms with E-state index in [4.69, 9.17) is 4.74 Å². The summed E-state index contributed by atoms with van der Waals surface area (Å²) in [5.41, 5.74) is 4.06. The number of hydrogen-bond acceptors (Lipinski definition) is 4. The topological polar surface area (TPSA) is 58.2 Å². The Kier molecular flexibility index (Phi) is 3.17. The fourth-order valence-electron chi connectivity index (χ4n) is 2.51. The lowest BCUT2D eigenvalue weighted by Crippen LogP contribution is -2.15. The van der Waals surface area contributed by atoms with Gasteiger partial charge in [-0.2, -0.15) is 0 Å². The molecule has 0 fully saturated rings. The molecule has 2 aromatic rings. The standard InChI is InChI=1S/C15H15N3O2/c1-3-20-15(19)11-7-17-12-9-18(2)8-10-5-4-6-16-14(10)13(11)12/h6-7,17H,3,8-9H2,1-2H3. The maximum Gasteiger partial charge on any atom is 0.340 e. The van der Waals surface area contributed by atoms with Crippen LogP contribution in [-0.4, -0.2) is 34.5 Å². The van der Waals surface area contributed by atoms with Gasteiger partial charge in [-0.05, 0) is 20.0 Å². The summed E-state index contributed by atoms with van der Waals surface area (Å²) in [6.07, 6.45) is 3.28. The number of H-pyrrole nitrogens is 1. The minimum atomic E-state index is -0.324. The van der Waals surface area contributed by atoms with Crippen LogP contribution in [0.15, 0.2) is 12.4 Å². The van der Waals surface area contributed by atoms with Crippen LogP contribution >= 0.6 is 0 Å². The summed E-state index contributed by atoms with van der Waals surface area (Å²) in [4.78, 5) is 21.8. The quantitative estimate of drug-likeness (QED) is 0.845. The van der Waals surface area contributed by atoms with Gasteiger partial charge in [-0.3, -0.25) is 4.90 Å². The fourth-order valence-corrected chi connectivity index (χ4v) is 2.51. The van der Waals surface area contributed by atoms with Gasteiger partial charge >= 0.3 is 5.97 Å². The molecule has 0 unspecified atom stereocenters. The molecule has 3 rings (SSSR count). The molecule has 20 heavy (non-hydrogen) atoms. The van der Waals surface area contributed by atoms with Crippen molar-refractivity contribution in [1.29, 1.82) is 0 Å². The van der Waals surface area contributed by atoms with Crippen molar-refractivity contribution < 1.29 is 9.53 Å². The van der Waals surface area contributed by atoms with E-state index in [0.717, 1.165) is 35.6 Å². The average Bonchev–Trinajstić information content (AvgIpc) is 2.77. The first-order valence-electron chi connectivity index (χ1n) is 6.54. The average molecular weight is 269 g/mol. The fraction of sp³-hybridized carbons (Fsp3) is 0.333. The highest BCUT2D eigenvalue weighted by Gasteiger charge is 2.26. The second-order valence-corrected chi connectivity index (χ2v) is 4.80. The van der Waals surface area contributed by atoms with Crippen LogP contribution < -0.4 is 0 Å². The zero-order chi connectivity index (χ0) is 14.1. The van der Waals surface area contributed by atoms with Crippen molar-refractivity contribution in [3.05, 3.63) is 41.3 Å². The molecular formula is C15H15N3O2. The van der Waals surface area contributed by atoms with E-state index in [1.165, 1.54) is 0 Å². The van der Waals surface area contributed by atoms with E-state index in [-0.39, 0.29) is 5.97 Å². The van der Waals surface area contributed by atoms with Crippen LogP contribution in [0.2, 0.25) is 0 Å². The number of hydrogen-bond donors (Lipinski definition) is 1. The van der Waals surface area contributed by atoms with E-state index < -0.39 is 0 Å². The predicted octanol–water partition coefficient (Wildman–Crippen LogP) is 1.80. The van der Waals surface area contributed by atoms with E-state index in [9.17, 15) is 4.79 Å². The van der Waals surface area contributed by atoms with Crippen LogP contribution in [-0.2, 0) is 17.8 Å². The second kappa shape index (κ2) is 4.99. The highest BCUT2D eigenvalue weighted by atomic mass is 16.5. The van der Waals surface area contributed by atoms with Crippen molar-refractivity contribution >= 4 is 5.97 Å². The van der Waals surface area contributed by atoms with Crippen molar-refractivity contribution in [2.24, 2.45) is 0 Å².